The fourth-order valence-corrected chi connectivity index (χ4v) is 3.01. The van der Waals surface area contributed by atoms with E-state index in [-0.39, 0.29) is 0 Å². The van der Waals surface area contributed by atoms with E-state index in [0.717, 1.165) is 23.6 Å². The van der Waals surface area contributed by atoms with Crippen molar-refractivity contribution in [3.8, 4) is 0 Å². The van der Waals surface area contributed by atoms with Crippen molar-refractivity contribution in [2.45, 2.75) is 26.3 Å². The molecule has 0 aliphatic carbocycles. The van der Waals surface area contributed by atoms with Crippen LogP contribution in [0, 0.1) is 6.92 Å². The van der Waals surface area contributed by atoms with Crippen LogP contribution in [0.15, 0.2) is 35.8 Å². The summed E-state index contributed by atoms with van der Waals surface area (Å²) in [5.41, 5.74) is 1.88. The Hall–Kier alpha value is -1.88. The summed E-state index contributed by atoms with van der Waals surface area (Å²) in [6, 6.07) is 8.57. The second-order valence-electron chi connectivity index (χ2n) is 4.71. The molecule has 0 saturated heterocycles. The molecule has 3 heterocycles. The number of anilines is 1. The standard InChI is InChI=1S/C14H16N4S/c1-10(8-12-4-3-7-19-12)17-14-9-11(2)16-13-5-6-15-18(13)14/h3-7,9-10,17H,8H2,1-2H3/t10-/m1/s1. The Balaban J connectivity index is 1.82. The van der Waals surface area contributed by atoms with Gasteiger partial charge >= 0.3 is 0 Å². The fourth-order valence-electron chi connectivity index (χ4n) is 2.18. The Morgan fingerprint density at radius 1 is 1.42 bits per heavy atom. The third-order valence-electron chi connectivity index (χ3n) is 2.97. The minimum Gasteiger partial charge on any atom is -0.367 e. The Morgan fingerprint density at radius 3 is 3.11 bits per heavy atom. The lowest BCUT2D eigenvalue weighted by Crippen LogP contribution is -2.20. The van der Waals surface area contributed by atoms with E-state index in [4.69, 9.17) is 0 Å². The molecular formula is C14H16N4S. The first kappa shape index (κ1) is 12.2. The SMILES string of the molecule is Cc1cc(N[C@H](C)Cc2cccs2)n2nccc2n1. The summed E-state index contributed by atoms with van der Waals surface area (Å²) >= 11 is 1.80. The zero-order valence-corrected chi connectivity index (χ0v) is 11.8. The Morgan fingerprint density at radius 2 is 2.32 bits per heavy atom. The van der Waals surface area contributed by atoms with Crippen LogP contribution in [0.1, 0.15) is 17.5 Å². The number of aromatic nitrogens is 3. The predicted molar refractivity (Wildman–Crippen MR) is 78.8 cm³/mol. The quantitative estimate of drug-likeness (QED) is 0.793. The molecule has 1 atom stereocenters. The lowest BCUT2D eigenvalue weighted by atomic mass is 10.2. The smallest absolute Gasteiger partial charge is 0.157 e. The van der Waals surface area contributed by atoms with Crippen molar-refractivity contribution in [3.63, 3.8) is 0 Å². The molecule has 0 aliphatic rings. The van der Waals surface area contributed by atoms with E-state index < -0.39 is 0 Å². The molecule has 0 aliphatic heterocycles. The highest BCUT2D eigenvalue weighted by Gasteiger charge is 2.09. The van der Waals surface area contributed by atoms with E-state index in [2.05, 4.69) is 39.8 Å². The average molecular weight is 272 g/mol. The monoisotopic (exact) mass is 272 g/mol. The average Bonchev–Trinajstić information content (AvgIpc) is 2.99. The Labute approximate surface area is 116 Å². The summed E-state index contributed by atoms with van der Waals surface area (Å²) in [4.78, 5) is 5.83. The summed E-state index contributed by atoms with van der Waals surface area (Å²) in [7, 11) is 0. The van der Waals surface area contributed by atoms with Gasteiger partial charge in [-0.15, -0.1) is 11.3 Å². The largest absolute Gasteiger partial charge is 0.367 e. The van der Waals surface area contributed by atoms with Gasteiger partial charge < -0.3 is 5.32 Å². The summed E-state index contributed by atoms with van der Waals surface area (Å²) in [5.74, 6) is 0.997. The Kier molecular flexibility index (Phi) is 3.21. The third-order valence-corrected chi connectivity index (χ3v) is 3.87. The number of rotatable bonds is 4. The van der Waals surface area contributed by atoms with E-state index in [1.165, 1.54) is 4.88 Å². The second-order valence-corrected chi connectivity index (χ2v) is 5.75. The minimum atomic E-state index is 0.354. The highest BCUT2D eigenvalue weighted by Crippen LogP contribution is 2.16. The molecule has 0 fully saturated rings. The molecule has 3 aromatic heterocycles. The minimum absolute atomic E-state index is 0.354. The highest BCUT2D eigenvalue weighted by molar-refractivity contribution is 7.09. The molecule has 0 unspecified atom stereocenters. The van der Waals surface area contributed by atoms with Crippen molar-refractivity contribution in [1.82, 2.24) is 14.6 Å². The molecule has 0 amide bonds. The molecule has 3 aromatic rings. The second kappa shape index (κ2) is 5.01. The number of aryl methyl sites for hydroxylation is 1. The van der Waals surface area contributed by atoms with E-state index in [1.807, 2.05) is 23.6 Å². The molecule has 1 N–H and O–H groups in total. The molecule has 0 spiro atoms. The summed E-state index contributed by atoms with van der Waals surface area (Å²) in [5, 5.41) is 9.94. The number of thiophene rings is 1. The molecule has 0 bridgehead atoms. The first-order chi connectivity index (χ1) is 9.22. The van der Waals surface area contributed by atoms with Gasteiger partial charge in [0.1, 0.15) is 5.82 Å². The van der Waals surface area contributed by atoms with Crippen molar-refractivity contribution < 1.29 is 0 Å². The summed E-state index contributed by atoms with van der Waals surface area (Å²) in [6.07, 6.45) is 2.79. The van der Waals surface area contributed by atoms with E-state index in [9.17, 15) is 0 Å². The zero-order chi connectivity index (χ0) is 13.2. The summed E-state index contributed by atoms with van der Waals surface area (Å²) < 4.78 is 1.85. The van der Waals surface area contributed by atoms with Gasteiger partial charge in [0.15, 0.2) is 5.65 Å². The van der Waals surface area contributed by atoms with E-state index in [1.54, 1.807) is 17.5 Å². The normalized spacial score (nSPS) is 12.7. The van der Waals surface area contributed by atoms with Crippen LogP contribution in [0.2, 0.25) is 0 Å². The molecule has 5 heteroatoms. The van der Waals surface area contributed by atoms with Crippen LogP contribution in [-0.4, -0.2) is 20.6 Å². The van der Waals surface area contributed by atoms with Gasteiger partial charge in [0.2, 0.25) is 0 Å². The molecule has 0 radical (unpaired) electrons. The first-order valence-corrected chi connectivity index (χ1v) is 7.20. The molecule has 19 heavy (non-hydrogen) atoms. The molecule has 3 rings (SSSR count). The van der Waals surface area contributed by atoms with Crippen LogP contribution in [-0.2, 0) is 6.42 Å². The van der Waals surface area contributed by atoms with Crippen molar-refractivity contribution >= 4 is 22.8 Å². The number of nitrogens with one attached hydrogen (secondary N) is 1. The molecule has 0 aromatic carbocycles. The van der Waals surface area contributed by atoms with Crippen LogP contribution in [0.4, 0.5) is 5.82 Å². The van der Waals surface area contributed by atoms with Gasteiger partial charge in [-0.25, -0.2) is 4.98 Å². The van der Waals surface area contributed by atoms with Crippen LogP contribution in [0.25, 0.3) is 5.65 Å². The fraction of sp³-hybridized carbons (Fsp3) is 0.286. The van der Waals surface area contributed by atoms with Gasteiger partial charge in [0.05, 0.1) is 6.20 Å². The lowest BCUT2D eigenvalue weighted by Gasteiger charge is -2.15. The van der Waals surface area contributed by atoms with Crippen molar-refractivity contribution in [3.05, 3.63) is 46.4 Å². The topological polar surface area (TPSA) is 42.2 Å². The number of fused-ring (bicyclic) bond motifs is 1. The molecule has 0 saturated carbocycles. The van der Waals surface area contributed by atoms with Crippen molar-refractivity contribution in [2.24, 2.45) is 0 Å². The zero-order valence-electron chi connectivity index (χ0n) is 11.0. The van der Waals surface area contributed by atoms with Gasteiger partial charge in [0, 0.05) is 35.2 Å². The van der Waals surface area contributed by atoms with Crippen LogP contribution in [0.3, 0.4) is 0 Å². The number of hydrogen-bond acceptors (Lipinski definition) is 4. The van der Waals surface area contributed by atoms with Crippen LogP contribution in [0.5, 0.6) is 0 Å². The van der Waals surface area contributed by atoms with Gasteiger partial charge in [-0.2, -0.15) is 9.61 Å². The number of nitrogens with zero attached hydrogens (tertiary/aromatic N) is 3. The first-order valence-electron chi connectivity index (χ1n) is 6.32. The molecule has 4 nitrogen and oxygen atoms in total. The number of hydrogen-bond donors (Lipinski definition) is 1. The maximum absolute atomic E-state index is 4.44. The van der Waals surface area contributed by atoms with Crippen molar-refractivity contribution in [1.29, 1.82) is 0 Å². The summed E-state index contributed by atoms with van der Waals surface area (Å²) in [6.45, 7) is 4.19. The Bertz CT molecular complexity index is 672. The lowest BCUT2D eigenvalue weighted by molar-refractivity contribution is 0.778. The molecule has 98 valence electrons. The maximum atomic E-state index is 4.44. The highest BCUT2D eigenvalue weighted by atomic mass is 32.1. The maximum Gasteiger partial charge on any atom is 0.157 e. The van der Waals surface area contributed by atoms with Gasteiger partial charge in [-0.05, 0) is 25.3 Å². The van der Waals surface area contributed by atoms with Gasteiger partial charge in [-0.1, -0.05) is 6.07 Å². The van der Waals surface area contributed by atoms with Crippen molar-refractivity contribution in [2.75, 3.05) is 5.32 Å². The van der Waals surface area contributed by atoms with Gasteiger partial charge in [-0.3, -0.25) is 0 Å². The van der Waals surface area contributed by atoms with Crippen LogP contribution < -0.4 is 5.32 Å². The third kappa shape index (κ3) is 2.61. The molecular weight excluding hydrogens is 256 g/mol. The van der Waals surface area contributed by atoms with Gasteiger partial charge in [0.25, 0.3) is 0 Å². The van der Waals surface area contributed by atoms with Crippen LogP contribution >= 0.6 is 11.3 Å². The van der Waals surface area contributed by atoms with E-state index >= 15 is 0 Å². The van der Waals surface area contributed by atoms with E-state index in [0.29, 0.717) is 6.04 Å². The predicted octanol–water partition coefficient (Wildman–Crippen LogP) is 3.14.